The number of hydrogen-bond donors (Lipinski definition) is 3. The number of carbonyl (C=O) groups excluding carboxylic acids is 1. The second-order valence-corrected chi connectivity index (χ2v) is 5.31. The molecule has 0 aromatic heterocycles. The molecule has 102 valence electrons. The van der Waals surface area contributed by atoms with Gasteiger partial charge in [0.25, 0.3) is 5.91 Å². The number of fused-ring (bicyclic) bond motifs is 1. The first kappa shape index (κ1) is 12.4. The highest BCUT2D eigenvalue weighted by atomic mass is 16.5. The van der Waals surface area contributed by atoms with Crippen molar-refractivity contribution >= 4 is 11.6 Å². The molecule has 0 spiro atoms. The molecule has 3 rings (SSSR count). The van der Waals surface area contributed by atoms with Crippen LogP contribution in [0.1, 0.15) is 24.8 Å². The predicted molar refractivity (Wildman–Crippen MR) is 71.1 cm³/mol. The lowest BCUT2D eigenvalue weighted by molar-refractivity contribution is -0.118. The molecule has 0 unspecified atom stereocenters. The number of rotatable bonds is 4. The summed E-state index contributed by atoms with van der Waals surface area (Å²) < 4.78 is 5.32. The summed E-state index contributed by atoms with van der Waals surface area (Å²) in [7, 11) is 0. The molecule has 0 radical (unpaired) electrons. The normalized spacial score (nSPS) is 19.9. The number of hydrogen-bond acceptors (Lipinski definition) is 4. The van der Waals surface area contributed by atoms with Crippen LogP contribution >= 0.6 is 0 Å². The van der Waals surface area contributed by atoms with E-state index in [4.69, 9.17) is 4.74 Å². The first-order chi connectivity index (χ1) is 9.21. The van der Waals surface area contributed by atoms with Gasteiger partial charge in [0.1, 0.15) is 5.75 Å². The van der Waals surface area contributed by atoms with Crippen molar-refractivity contribution in [3.63, 3.8) is 0 Å². The van der Waals surface area contributed by atoms with Gasteiger partial charge in [-0.2, -0.15) is 0 Å². The average molecular weight is 262 g/mol. The summed E-state index contributed by atoms with van der Waals surface area (Å²) in [4.78, 5) is 11.3. The lowest BCUT2D eigenvalue weighted by atomic mass is 9.77. The number of anilines is 1. The zero-order valence-electron chi connectivity index (χ0n) is 10.7. The van der Waals surface area contributed by atoms with Crippen molar-refractivity contribution in [1.82, 2.24) is 5.32 Å². The van der Waals surface area contributed by atoms with E-state index in [1.54, 1.807) is 0 Å². The molecule has 19 heavy (non-hydrogen) atoms. The molecule has 5 heteroatoms. The largest absolute Gasteiger partial charge is 0.482 e. The molecule has 5 nitrogen and oxygen atoms in total. The van der Waals surface area contributed by atoms with E-state index in [-0.39, 0.29) is 24.7 Å². The second-order valence-electron chi connectivity index (χ2n) is 5.31. The van der Waals surface area contributed by atoms with Gasteiger partial charge < -0.3 is 20.5 Å². The Morgan fingerprint density at radius 3 is 2.95 bits per heavy atom. The molecule has 1 aliphatic carbocycles. The number of nitrogens with one attached hydrogen (secondary N) is 2. The molecule has 1 saturated carbocycles. The molecule has 0 atom stereocenters. The van der Waals surface area contributed by atoms with Gasteiger partial charge in [0.15, 0.2) is 6.61 Å². The summed E-state index contributed by atoms with van der Waals surface area (Å²) in [6.07, 6.45) is 3.21. The Labute approximate surface area is 112 Å². The van der Waals surface area contributed by atoms with E-state index in [2.05, 4.69) is 10.6 Å². The van der Waals surface area contributed by atoms with Crippen LogP contribution in [0.4, 0.5) is 5.69 Å². The fraction of sp³-hybridized carbons (Fsp3) is 0.500. The van der Waals surface area contributed by atoms with Crippen molar-refractivity contribution in [2.24, 2.45) is 0 Å². The van der Waals surface area contributed by atoms with Gasteiger partial charge in [-0.15, -0.1) is 0 Å². The van der Waals surface area contributed by atoms with Crippen LogP contribution in [0.2, 0.25) is 0 Å². The first-order valence-corrected chi connectivity index (χ1v) is 6.62. The van der Waals surface area contributed by atoms with Crippen molar-refractivity contribution < 1.29 is 14.6 Å². The SMILES string of the molecule is O=C1COc2ccc(CNC3(CO)CCC3)cc2N1. The Kier molecular flexibility index (Phi) is 3.16. The van der Waals surface area contributed by atoms with Gasteiger partial charge in [-0.05, 0) is 37.0 Å². The van der Waals surface area contributed by atoms with Gasteiger partial charge in [0.05, 0.1) is 12.3 Å². The highest BCUT2D eigenvalue weighted by Gasteiger charge is 2.35. The summed E-state index contributed by atoms with van der Waals surface area (Å²) in [6, 6.07) is 5.77. The molecule has 3 N–H and O–H groups in total. The van der Waals surface area contributed by atoms with Gasteiger partial charge in [0, 0.05) is 12.1 Å². The van der Waals surface area contributed by atoms with Crippen LogP contribution in [0, 0.1) is 0 Å². The van der Waals surface area contributed by atoms with Gasteiger partial charge in [0.2, 0.25) is 0 Å². The lowest BCUT2D eigenvalue weighted by Crippen LogP contribution is -2.53. The Morgan fingerprint density at radius 1 is 1.42 bits per heavy atom. The third kappa shape index (κ3) is 2.43. The zero-order valence-corrected chi connectivity index (χ0v) is 10.7. The van der Waals surface area contributed by atoms with E-state index < -0.39 is 0 Å². The summed E-state index contributed by atoms with van der Waals surface area (Å²) in [5.74, 6) is 0.590. The van der Waals surface area contributed by atoms with E-state index in [9.17, 15) is 9.90 Å². The van der Waals surface area contributed by atoms with Crippen LogP contribution in [0.5, 0.6) is 5.75 Å². The molecular weight excluding hydrogens is 244 g/mol. The number of benzene rings is 1. The van der Waals surface area contributed by atoms with E-state index in [1.165, 1.54) is 6.42 Å². The third-order valence-corrected chi connectivity index (χ3v) is 3.96. The maximum Gasteiger partial charge on any atom is 0.262 e. The van der Waals surface area contributed by atoms with Crippen LogP contribution in [-0.2, 0) is 11.3 Å². The second kappa shape index (κ2) is 4.83. The molecule has 1 amide bonds. The molecule has 1 heterocycles. The van der Waals surface area contributed by atoms with E-state index in [0.717, 1.165) is 24.1 Å². The number of ether oxygens (including phenoxy) is 1. The molecule has 1 fully saturated rings. The molecule has 0 saturated heterocycles. The number of aliphatic hydroxyl groups is 1. The number of carbonyl (C=O) groups is 1. The van der Waals surface area contributed by atoms with Crippen molar-refractivity contribution in [1.29, 1.82) is 0 Å². The van der Waals surface area contributed by atoms with Crippen molar-refractivity contribution in [3.05, 3.63) is 23.8 Å². The average Bonchev–Trinajstić information content (AvgIpc) is 2.37. The van der Waals surface area contributed by atoms with Crippen molar-refractivity contribution in [2.75, 3.05) is 18.5 Å². The molecule has 1 aromatic rings. The van der Waals surface area contributed by atoms with Crippen LogP contribution in [0.15, 0.2) is 18.2 Å². The Hall–Kier alpha value is -1.59. The van der Waals surface area contributed by atoms with Gasteiger partial charge in [-0.1, -0.05) is 6.07 Å². The minimum atomic E-state index is -0.122. The minimum absolute atomic E-state index is 0.0816. The standard InChI is InChI=1S/C14H18N2O3/c17-9-14(4-1-5-14)15-7-10-2-3-12-11(6-10)16-13(18)8-19-12/h2-3,6,15,17H,1,4-5,7-9H2,(H,16,18). The lowest BCUT2D eigenvalue weighted by Gasteiger charge is -2.41. The van der Waals surface area contributed by atoms with Gasteiger partial charge >= 0.3 is 0 Å². The first-order valence-electron chi connectivity index (χ1n) is 6.62. The monoisotopic (exact) mass is 262 g/mol. The van der Waals surface area contributed by atoms with Crippen LogP contribution in [0.25, 0.3) is 0 Å². The molecule has 2 aliphatic rings. The summed E-state index contributed by atoms with van der Waals surface area (Å²) in [5.41, 5.74) is 1.70. The van der Waals surface area contributed by atoms with E-state index in [1.807, 2.05) is 18.2 Å². The third-order valence-electron chi connectivity index (χ3n) is 3.96. The topological polar surface area (TPSA) is 70.6 Å². The maximum absolute atomic E-state index is 11.3. The highest BCUT2D eigenvalue weighted by Crippen LogP contribution is 2.32. The van der Waals surface area contributed by atoms with Crippen LogP contribution in [0.3, 0.4) is 0 Å². The summed E-state index contributed by atoms with van der Waals surface area (Å²) >= 11 is 0. The fourth-order valence-corrected chi connectivity index (χ4v) is 2.52. The molecule has 0 bridgehead atoms. The quantitative estimate of drug-likeness (QED) is 0.757. The number of amides is 1. The molecular formula is C14H18N2O3. The van der Waals surface area contributed by atoms with Crippen LogP contribution < -0.4 is 15.4 Å². The molecule has 1 aromatic carbocycles. The maximum atomic E-state index is 11.3. The van der Waals surface area contributed by atoms with Crippen molar-refractivity contribution in [3.8, 4) is 5.75 Å². The van der Waals surface area contributed by atoms with Gasteiger partial charge in [-0.25, -0.2) is 0 Å². The fourth-order valence-electron chi connectivity index (χ4n) is 2.52. The Morgan fingerprint density at radius 2 is 2.26 bits per heavy atom. The number of aliphatic hydroxyl groups excluding tert-OH is 1. The Balaban J connectivity index is 1.68. The minimum Gasteiger partial charge on any atom is -0.482 e. The van der Waals surface area contributed by atoms with Gasteiger partial charge in [-0.3, -0.25) is 4.79 Å². The highest BCUT2D eigenvalue weighted by molar-refractivity contribution is 5.95. The zero-order chi connectivity index (χ0) is 13.3. The van der Waals surface area contributed by atoms with Crippen LogP contribution in [-0.4, -0.2) is 29.8 Å². The predicted octanol–water partition coefficient (Wildman–Crippen LogP) is 1.02. The molecule has 1 aliphatic heterocycles. The van der Waals surface area contributed by atoms with E-state index in [0.29, 0.717) is 12.3 Å². The summed E-state index contributed by atoms with van der Waals surface area (Å²) in [5, 5.41) is 15.6. The Bertz CT molecular complexity index is 492. The summed E-state index contributed by atoms with van der Waals surface area (Å²) in [6.45, 7) is 0.944. The van der Waals surface area contributed by atoms with E-state index >= 15 is 0 Å². The van der Waals surface area contributed by atoms with Crippen molar-refractivity contribution in [2.45, 2.75) is 31.3 Å². The smallest absolute Gasteiger partial charge is 0.262 e.